The molecule has 1 aromatic heterocycles. The van der Waals surface area contributed by atoms with Gasteiger partial charge in [-0.25, -0.2) is 4.79 Å². The Hall–Kier alpha value is -2.38. The molecule has 3 rings (SSSR count). The summed E-state index contributed by atoms with van der Waals surface area (Å²) >= 11 is 7.01. The Balaban J connectivity index is 1.84. The van der Waals surface area contributed by atoms with Crippen LogP contribution in [0.4, 0.5) is 0 Å². The molecule has 0 unspecified atom stereocenters. The second-order valence-corrected chi connectivity index (χ2v) is 7.36. The monoisotopic (exact) mass is 386 g/mol. The van der Waals surface area contributed by atoms with Gasteiger partial charge in [0.05, 0.1) is 23.6 Å². The van der Waals surface area contributed by atoms with Crippen molar-refractivity contribution in [2.45, 2.75) is 18.4 Å². The van der Waals surface area contributed by atoms with E-state index < -0.39 is 5.97 Å². The number of aromatic amines is 1. The van der Waals surface area contributed by atoms with Crippen molar-refractivity contribution in [3.05, 3.63) is 68.7 Å². The molecule has 0 aliphatic rings. The Morgan fingerprint density at radius 2 is 1.96 bits per heavy atom. The van der Waals surface area contributed by atoms with Crippen LogP contribution in [0.15, 0.2) is 52.2 Å². The number of aryl methyl sites for hydroxylation is 1. The molecule has 1 N–H and O–H groups in total. The molecule has 134 valence electrons. The highest BCUT2D eigenvalue weighted by molar-refractivity contribution is 7.99. The number of fused-ring (bicyclic) bond motifs is 1. The second-order valence-electron chi connectivity index (χ2n) is 5.80. The van der Waals surface area contributed by atoms with Gasteiger partial charge in [0, 0.05) is 17.2 Å². The number of hydrogen-bond donors (Lipinski definition) is 1. The van der Waals surface area contributed by atoms with E-state index in [1.165, 1.54) is 12.7 Å². The van der Waals surface area contributed by atoms with Gasteiger partial charge in [-0.05, 0) is 49.5 Å². The zero-order valence-corrected chi connectivity index (χ0v) is 16.1. The first-order chi connectivity index (χ1) is 12.5. The Labute approximate surface area is 160 Å². The molecule has 26 heavy (non-hydrogen) atoms. The molecule has 0 saturated carbocycles. The third-order valence-electron chi connectivity index (χ3n) is 4.01. The zero-order chi connectivity index (χ0) is 18.7. The van der Waals surface area contributed by atoms with E-state index in [0.29, 0.717) is 27.8 Å². The molecule has 0 radical (unpaired) electrons. The molecule has 0 amide bonds. The molecule has 0 spiro atoms. The number of hydrogen-bond acceptors (Lipinski definition) is 5. The molecule has 1 heterocycles. The van der Waals surface area contributed by atoms with Gasteiger partial charge in [0.25, 0.3) is 5.56 Å². The summed E-state index contributed by atoms with van der Waals surface area (Å²) in [5, 5.41) is 0.492. The topological polar surface area (TPSA) is 64.1 Å². The van der Waals surface area contributed by atoms with Crippen molar-refractivity contribution in [2.75, 3.05) is 12.9 Å². The standard InChI is InChI=1S/C19H18N2O3S2/c1-12-3-6-14(7-4-12)26-10-9-21-17(22)15-8-5-13(18(23)24-2)11-16(15)20-19(21)25/h3-8,11H,9-10H2,1-2H3,(H,20,25). The fourth-order valence-electron chi connectivity index (χ4n) is 2.59. The van der Waals surface area contributed by atoms with Crippen LogP contribution in [0.3, 0.4) is 0 Å². The Bertz CT molecular complexity index is 1070. The van der Waals surface area contributed by atoms with Crippen LogP contribution in [0, 0.1) is 11.7 Å². The SMILES string of the molecule is COC(=O)c1ccc2c(=O)n(CCSc3ccc(C)cc3)c(=S)[nH]c2c1. The van der Waals surface area contributed by atoms with E-state index in [2.05, 4.69) is 29.2 Å². The van der Waals surface area contributed by atoms with Crippen molar-refractivity contribution in [2.24, 2.45) is 0 Å². The molecule has 3 aromatic rings. The molecule has 0 saturated heterocycles. The van der Waals surface area contributed by atoms with Crippen molar-refractivity contribution < 1.29 is 9.53 Å². The predicted molar refractivity (Wildman–Crippen MR) is 107 cm³/mol. The number of aromatic nitrogens is 2. The maximum atomic E-state index is 12.7. The highest BCUT2D eigenvalue weighted by Gasteiger charge is 2.10. The van der Waals surface area contributed by atoms with Gasteiger partial charge in [-0.3, -0.25) is 9.36 Å². The number of thioether (sulfide) groups is 1. The number of ether oxygens (including phenoxy) is 1. The van der Waals surface area contributed by atoms with Crippen molar-refractivity contribution in [3.8, 4) is 0 Å². The lowest BCUT2D eigenvalue weighted by molar-refractivity contribution is 0.0601. The van der Waals surface area contributed by atoms with Gasteiger partial charge in [-0.2, -0.15) is 0 Å². The number of rotatable bonds is 5. The lowest BCUT2D eigenvalue weighted by atomic mass is 10.1. The van der Waals surface area contributed by atoms with Crippen molar-refractivity contribution >= 4 is 40.9 Å². The summed E-state index contributed by atoms with van der Waals surface area (Å²) in [4.78, 5) is 28.6. The van der Waals surface area contributed by atoms with E-state index in [-0.39, 0.29) is 5.56 Å². The number of esters is 1. The fraction of sp³-hybridized carbons (Fsp3) is 0.211. The average Bonchev–Trinajstić information content (AvgIpc) is 2.64. The third kappa shape index (κ3) is 3.89. The summed E-state index contributed by atoms with van der Waals surface area (Å²) in [7, 11) is 1.32. The van der Waals surface area contributed by atoms with Gasteiger partial charge in [0.2, 0.25) is 0 Å². The van der Waals surface area contributed by atoms with Gasteiger partial charge in [-0.15, -0.1) is 11.8 Å². The number of carbonyl (C=O) groups excluding carboxylic acids is 1. The normalized spacial score (nSPS) is 10.8. The molecule has 2 aromatic carbocycles. The Morgan fingerprint density at radius 1 is 1.23 bits per heavy atom. The average molecular weight is 386 g/mol. The first-order valence-electron chi connectivity index (χ1n) is 8.04. The molecular weight excluding hydrogens is 368 g/mol. The smallest absolute Gasteiger partial charge is 0.337 e. The number of benzene rings is 2. The lowest BCUT2D eigenvalue weighted by Gasteiger charge is -2.09. The first-order valence-corrected chi connectivity index (χ1v) is 9.43. The molecule has 7 heteroatoms. The van der Waals surface area contributed by atoms with Crippen molar-refractivity contribution in [3.63, 3.8) is 0 Å². The maximum absolute atomic E-state index is 12.7. The lowest BCUT2D eigenvalue weighted by Crippen LogP contribution is -2.23. The number of methoxy groups -OCH3 is 1. The van der Waals surface area contributed by atoms with E-state index in [1.54, 1.807) is 34.5 Å². The summed E-state index contributed by atoms with van der Waals surface area (Å²) in [5.41, 5.74) is 1.96. The van der Waals surface area contributed by atoms with Crippen molar-refractivity contribution in [1.82, 2.24) is 9.55 Å². The quantitative estimate of drug-likeness (QED) is 0.409. The molecular formula is C19H18N2O3S2. The van der Waals surface area contributed by atoms with E-state index in [9.17, 15) is 9.59 Å². The van der Waals surface area contributed by atoms with E-state index >= 15 is 0 Å². The molecule has 0 atom stereocenters. The van der Waals surface area contributed by atoms with Gasteiger partial charge in [0.15, 0.2) is 4.77 Å². The number of carbonyl (C=O) groups is 1. The Kier molecular flexibility index (Phi) is 5.58. The van der Waals surface area contributed by atoms with Gasteiger partial charge in [0.1, 0.15) is 0 Å². The predicted octanol–water partition coefficient (Wildman–Crippen LogP) is 3.95. The summed E-state index contributed by atoms with van der Waals surface area (Å²) in [5.74, 6) is 0.275. The highest BCUT2D eigenvalue weighted by atomic mass is 32.2. The molecule has 0 aliphatic heterocycles. The molecule has 5 nitrogen and oxygen atoms in total. The van der Waals surface area contributed by atoms with Gasteiger partial charge in [-0.1, -0.05) is 17.7 Å². The largest absolute Gasteiger partial charge is 0.465 e. The van der Waals surface area contributed by atoms with Crippen LogP contribution in [0.2, 0.25) is 0 Å². The van der Waals surface area contributed by atoms with Gasteiger partial charge < -0.3 is 9.72 Å². The minimum Gasteiger partial charge on any atom is -0.465 e. The van der Waals surface area contributed by atoms with Crippen LogP contribution < -0.4 is 5.56 Å². The van der Waals surface area contributed by atoms with Crippen LogP contribution in [0.1, 0.15) is 15.9 Å². The van der Waals surface area contributed by atoms with E-state index in [1.807, 2.05) is 6.92 Å². The van der Waals surface area contributed by atoms with Crippen molar-refractivity contribution in [1.29, 1.82) is 0 Å². The van der Waals surface area contributed by atoms with Crippen LogP contribution in [0.25, 0.3) is 10.9 Å². The minimum absolute atomic E-state index is 0.162. The summed E-state index contributed by atoms with van der Waals surface area (Å²) in [6.45, 7) is 2.55. The van der Waals surface area contributed by atoms with E-state index in [4.69, 9.17) is 17.0 Å². The molecule has 0 fully saturated rings. The summed E-state index contributed by atoms with van der Waals surface area (Å²) < 4.78 is 6.60. The zero-order valence-electron chi connectivity index (χ0n) is 14.4. The third-order valence-corrected chi connectivity index (χ3v) is 5.32. The second kappa shape index (κ2) is 7.88. The van der Waals surface area contributed by atoms with Crippen LogP contribution in [-0.2, 0) is 11.3 Å². The minimum atomic E-state index is -0.454. The van der Waals surface area contributed by atoms with Crippen LogP contribution >= 0.6 is 24.0 Å². The number of nitrogens with one attached hydrogen (secondary N) is 1. The molecule has 0 aliphatic carbocycles. The fourth-order valence-corrected chi connectivity index (χ4v) is 3.71. The van der Waals surface area contributed by atoms with E-state index in [0.717, 1.165) is 10.6 Å². The number of nitrogens with zero attached hydrogens (tertiary/aromatic N) is 1. The maximum Gasteiger partial charge on any atom is 0.337 e. The van der Waals surface area contributed by atoms with Crippen LogP contribution in [0.5, 0.6) is 0 Å². The highest BCUT2D eigenvalue weighted by Crippen LogP contribution is 2.18. The Morgan fingerprint density at radius 3 is 2.65 bits per heavy atom. The van der Waals surface area contributed by atoms with Crippen LogP contribution in [-0.4, -0.2) is 28.4 Å². The summed E-state index contributed by atoms with van der Waals surface area (Å²) in [6.07, 6.45) is 0. The summed E-state index contributed by atoms with van der Waals surface area (Å²) in [6, 6.07) is 13.1. The number of H-pyrrole nitrogens is 1. The van der Waals surface area contributed by atoms with Gasteiger partial charge >= 0.3 is 5.97 Å². The molecule has 0 bridgehead atoms. The first kappa shape index (κ1) is 18.4.